The van der Waals surface area contributed by atoms with Crippen LogP contribution in [0.25, 0.3) is 0 Å². The van der Waals surface area contributed by atoms with Gasteiger partial charge >= 0.3 is 0 Å². The maximum Gasteiger partial charge on any atom is 0.191 e. The van der Waals surface area contributed by atoms with Gasteiger partial charge in [-0.2, -0.15) is 0 Å². The third-order valence-electron chi connectivity index (χ3n) is 3.97. The Morgan fingerprint density at radius 3 is 2.58 bits per heavy atom. The number of rotatable bonds is 12. The average Bonchev–Trinajstić information content (AvgIpc) is 3.06. The Morgan fingerprint density at radius 2 is 1.96 bits per heavy atom. The normalized spacial score (nSPS) is 12.0. The van der Waals surface area contributed by atoms with Gasteiger partial charge in [0, 0.05) is 37.1 Å². The third-order valence-corrected chi connectivity index (χ3v) is 5.17. The molecule has 0 aliphatic heterocycles. The highest BCUT2D eigenvalue weighted by Gasteiger charge is 2.02. The molecule has 0 amide bonds. The Kier molecular flexibility index (Phi) is 11.5. The van der Waals surface area contributed by atoms with E-state index in [1.807, 2.05) is 17.5 Å². The summed E-state index contributed by atoms with van der Waals surface area (Å²) in [4.78, 5) is 13.0. The first-order valence-electron chi connectivity index (χ1n) is 9.41. The Balaban J connectivity index is 2.26. The number of guanidine groups is 1. The number of hydrogen-bond donors (Lipinski definition) is 2. The van der Waals surface area contributed by atoms with Gasteiger partial charge in [0.25, 0.3) is 0 Å². The molecule has 2 N–H and O–H groups in total. The van der Waals surface area contributed by atoms with E-state index in [9.17, 15) is 0 Å². The van der Waals surface area contributed by atoms with Gasteiger partial charge in [-0.05, 0) is 45.8 Å². The van der Waals surface area contributed by atoms with Gasteiger partial charge in [-0.1, -0.05) is 20.8 Å². The lowest BCUT2D eigenvalue weighted by Gasteiger charge is -2.17. The number of nitrogens with one attached hydrogen (secondary N) is 2. The molecule has 1 rings (SSSR count). The molecule has 0 bridgehead atoms. The lowest BCUT2D eigenvalue weighted by molar-refractivity contribution is 0.297. The van der Waals surface area contributed by atoms with Crippen molar-refractivity contribution in [1.82, 2.24) is 20.5 Å². The number of aryl methyl sites for hydroxylation is 1. The van der Waals surface area contributed by atoms with Gasteiger partial charge in [-0.15, -0.1) is 11.3 Å². The molecule has 1 aromatic heterocycles. The zero-order chi connectivity index (χ0) is 17.6. The maximum atomic E-state index is 4.67. The van der Waals surface area contributed by atoms with Crippen LogP contribution in [0, 0.1) is 0 Å². The summed E-state index contributed by atoms with van der Waals surface area (Å²) in [7, 11) is 0. The van der Waals surface area contributed by atoms with E-state index in [2.05, 4.69) is 53.2 Å². The standard InChI is InChI=1S/C18H35N5S/c1-5-16-15-22-17(24-16)11-13-21-18(19-6-2)20-12-9-10-14-23(7-3)8-4/h15H,5-14H2,1-4H3,(H2,19,20,21). The summed E-state index contributed by atoms with van der Waals surface area (Å²) in [6, 6.07) is 0. The van der Waals surface area contributed by atoms with Crippen molar-refractivity contribution in [3.05, 3.63) is 16.1 Å². The molecule has 0 aliphatic rings. The summed E-state index contributed by atoms with van der Waals surface area (Å²) >= 11 is 1.81. The molecular formula is C18H35N5S. The van der Waals surface area contributed by atoms with Gasteiger partial charge in [0.15, 0.2) is 5.96 Å². The fourth-order valence-electron chi connectivity index (χ4n) is 2.43. The molecule has 1 heterocycles. The van der Waals surface area contributed by atoms with E-state index in [4.69, 9.17) is 0 Å². The van der Waals surface area contributed by atoms with Gasteiger partial charge in [0.1, 0.15) is 0 Å². The van der Waals surface area contributed by atoms with E-state index in [0.717, 1.165) is 57.9 Å². The van der Waals surface area contributed by atoms with Gasteiger partial charge in [0.05, 0.1) is 5.01 Å². The summed E-state index contributed by atoms with van der Waals surface area (Å²) in [5.74, 6) is 0.924. The molecule has 6 heteroatoms. The molecule has 24 heavy (non-hydrogen) atoms. The predicted molar refractivity (Wildman–Crippen MR) is 106 cm³/mol. The van der Waals surface area contributed by atoms with Crippen LogP contribution in [0.5, 0.6) is 0 Å². The molecule has 0 radical (unpaired) electrons. The van der Waals surface area contributed by atoms with Crippen LogP contribution in [0.15, 0.2) is 11.2 Å². The number of aromatic nitrogens is 1. The molecule has 0 aliphatic carbocycles. The zero-order valence-corrected chi connectivity index (χ0v) is 16.7. The van der Waals surface area contributed by atoms with Gasteiger partial charge < -0.3 is 15.5 Å². The van der Waals surface area contributed by atoms with Crippen LogP contribution in [0.1, 0.15) is 50.4 Å². The Morgan fingerprint density at radius 1 is 1.17 bits per heavy atom. The Hall–Kier alpha value is -1.14. The molecule has 0 unspecified atom stereocenters. The van der Waals surface area contributed by atoms with E-state index < -0.39 is 0 Å². The van der Waals surface area contributed by atoms with E-state index in [0.29, 0.717) is 0 Å². The van der Waals surface area contributed by atoms with Gasteiger partial charge in [-0.3, -0.25) is 4.99 Å². The Labute approximate surface area is 152 Å². The third kappa shape index (κ3) is 8.64. The molecule has 0 aromatic carbocycles. The predicted octanol–water partition coefficient (Wildman–Crippen LogP) is 2.93. The van der Waals surface area contributed by atoms with E-state index in [1.54, 1.807) is 0 Å². The van der Waals surface area contributed by atoms with Crippen LogP contribution in [-0.4, -0.2) is 55.1 Å². The lowest BCUT2D eigenvalue weighted by Crippen LogP contribution is -2.38. The van der Waals surface area contributed by atoms with Crippen molar-refractivity contribution >= 4 is 17.3 Å². The summed E-state index contributed by atoms with van der Waals surface area (Å²) in [6.07, 6.45) is 6.37. The van der Waals surface area contributed by atoms with Crippen molar-refractivity contribution in [3.63, 3.8) is 0 Å². The van der Waals surface area contributed by atoms with Crippen LogP contribution in [0.3, 0.4) is 0 Å². The number of hydrogen-bond acceptors (Lipinski definition) is 4. The number of nitrogens with zero attached hydrogens (tertiary/aromatic N) is 3. The van der Waals surface area contributed by atoms with Gasteiger partial charge in [-0.25, -0.2) is 4.98 Å². The van der Waals surface area contributed by atoms with Crippen LogP contribution >= 0.6 is 11.3 Å². The quantitative estimate of drug-likeness (QED) is 0.345. The molecule has 1 aromatic rings. The first kappa shape index (κ1) is 20.9. The van der Waals surface area contributed by atoms with E-state index >= 15 is 0 Å². The number of aliphatic imine (C=N–C) groups is 1. The second kappa shape index (κ2) is 13.2. The zero-order valence-electron chi connectivity index (χ0n) is 15.9. The number of unbranched alkanes of at least 4 members (excludes halogenated alkanes) is 1. The highest BCUT2D eigenvalue weighted by Crippen LogP contribution is 2.13. The molecule has 138 valence electrons. The van der Waals surface area contributed by atoms with Gasteiger partial charge in [0.2, 0.25) is 0 Å². The van der Waals surface area contributed by atoms with Crippen LogP contribution in [-0.2, 0) is 12.8 Å². The highest BCUT2D eigenvalue weighted by molar-refractivity contribution is 7.11. The minimum Gasteiger partial charge on any atom is -0.357 e. The van der Waals surface area contributed by atoms with Crippen LogP contribution in [0.2, 0.25) is 0 Å². The summed E-state index contributed by atoms with van der Waals surface area (Å²) in [5, 5.41) is 7.94. The fraction of sp³-hybridized carbons (Fsp3) is 0.778. The largest absolute Gasteiger partial charge is 0.357 e. The Bertz CT molecular complexity index is 454. The fourth-order valence-corrected chi connectivity index (χ4v) is 3.30. The SMILES string of the molecule is CCNC(=NCCCCN(CC)CC)NCCc1ncc(CC)s1. The van der Waals surface area contributed by atoms with Crippen molar-refractivity contribution in [3.8, 4) is 0 Å². The van der Waals surface area contributed by atoms with Crippen LogP contribution in [0.4, 0.5) is 0 Å². The number of thiazole rings is 1. The van der Waals surface area contributed by atoms with E-state index in [1.165, 1.54) is 22.9 Å². The topological polar surface area (TPSA) is 52.6 Å². The van der Waals surface area contributed by atoms with Crippen molar-refractivity contribution in [2.45, 2.75) is 53.4 Å². The molecule has 0 spiro atoms. The van der Waals surface area contributed by atoms with Crippen molar-refractivity contribution in [1.29, 1.82) is 0 Å². The molecule has 0 atom stereocenters. The smallest absolute Gasteiger partial charge is 0.191 e. The van der Waals surface area contributed by atoms with Crippen molar-refractivity contribution < 1.29 is 0 Å². The molecule has 0 saturated heterocycles. The molecule has 0 saturated carbocycles. The van der Waals surface area contributed by atoms with Crippen molar-refractivity contribution in [2.24, 2.45) is 4.99 Å². The molecule has 0 fully saturated rings. The maximum absolute atomic E-state index is 4.67. The molecule has 5 nitrogen and oxygen atoms in total. The second-order valence-electron chi connectivity index (χ2n) is 5.75. The minimum atomic E-state index is 0.877. The monoisotopic (exact) mass is 353 g/mol. The average molecular weight is 354 g/mol. The summed E-state index contributed by atoms with van der Waals surface area (Å²) in [6.45, 7) is 14.8. The van der Waals surface area contributed by atoms with Crippen molar-refractivity contribution in [2.75, 3.05) is 39.3 Å². The summed E-state index contributed by atoms with van der Waals surface area (Å²) < 4.78 is 0. The lowest BCUT2D eigenvalue weighted by atomic mass is 10.3. The second-order valence-corrected chi connectivity index (χ2v) is 6.95. The molecular weight excluding hydrogens is 318 g/mol. The highest BCUT2D eigenvalue weighted by atomic mass is 32.1. The first-order chi connectivity index (χ1) is 11.7. The van der Waals surface area contributed by atoms with E-state index in [-0.39, 0.29) is 0 Å². The summed E-state index contributed by atoms with van der Waals surface area (Å²) in [5.41, 5.74) is 0. The minimum absolute atomic E-state index is 0.877. The first-order valence-corrected chi connectivity index (χ1v) is 10.2. The van der Waals surface area contributed by atoms with Crippen LogP contribution < -0.4 is 10.6 Å².